The highest BCUT2D eigenvalue weighted by molar-refractivity contribution is 9.10. The lowest BCUT2D eigenvalue weighted by Gasteiger charge is -2.27. The first-order valence-corrected chi connectivity index (χ1v) is 7.93. The topological polar surface area (TPSA) is 37.4 Å². The number of unbranched alkanes of at least 4 members (excludes halogenated alkanes) is 1. The van der Waals surface area contributed by atoms with Crippen LogP contribution in [0.3, 0.4) is 0 Å². The summed E-state index contributed by atoms with van der Waals surface area (Å²) in [5.41, 5.74) is 2.32. The van der Waals surface area contributed by atoms with E-state index in [4.69, 9.17) is 0 Å². The summed E-state index contributed by atoms with van der Waals surface area (Å²) < 4.78 is 0.920. The van der Waals surface area contributed by atoms with Crippen molar-refractivity contribution in [3.63, 3.8) is 0 Å². The normalized spacial score (nSPS) is 14.1. The third-order valence-electron chi connectivity index (χ3n) is 4.00. The van der Waals surface area contributed by atoms with Crippen LogP contribution in [-0.4, -0.2) is 23.3 Å². The molecule has 0 aromatic heterocycles. The van der Waals surface area contributed by atoms with Crippen LogP contribution in [0.15, 0.2) is 28.7 Å². The van der Waals surface area contributed by atoms with Gasteiger partial charge in [0, 0.05) is 32.9 Å². The van der Waals surface area contributed by atoms with E-state index in [0.717, 1.165) is 33.7 Å². The molecule has 0 fully saturated rings. The number of carbonyl (C=O) groups is 2. The van der Waals surface area contributed by atoms with E-state index in [2.05, 4.69) is 15.9 Å². The van der Waals surface area contributed by atoms with Crippen molar-refractivity contribution >= 4 is 38.5 Å². The van der Waals surface area contributed by atoms with Crippen molar-refractivity contribution in [2.24, 2.45) is 0 Å². The van der Waals surface area contributed by atoms with Crippen LogP contribution in [0.1, 0.15) is 46.0 Å². The summed E-state index contributed by atoms with van der Waals surface area (Å²) in [6.45, 7) is 4.53. The van der Waals surface area contributed by atoms with Gasteiger partial charge >= 0.3 is 0 Å². The molecule has 3 rings (SSSR count). The van der Waals surface area contributed by atoms with E-state index < -0.39 is 0 Å². The highest BCUT2D eigenvalue weighted by Gasteiger charge is 2.33. The van der Waals surface area contributed by atoms with Gasteiger partial charge < -0.3 is 0 Å². The van der Waals surface area contributed by atoms with Gasteiger partial charge in [0.15, 0.2) is 0 Å². The van der Waals surface area contributed by atoms with Crippen LogP contribution in [0.25, 0.3) is 10.8 Å². The molecular formula is C17H16BrNO2. The van der Waals surface area contributed by atoms with E-state index in [9.17, 15) is 9.59 Å². The number of imide groups is 1. The molecule has 1 aliphatic rings. The zero-order valence-corrected chi connectivity index (χ0v) is 13.7. The van der Waals surface area contributed by atoms with Gasteiger partial charge in [-0.25, -0.2) is 0 Å². The maximum Gasteiger partial charge on any atom is 0.261 e. The van der Waals surface area contributed by atoms with Crippen molar-refractivity contribution in [3.8, 4) is 0 Å². The summed E-state index contributed by atoms with van der Waals surface area (Å²) >= 11 is 3.53. The van der Waals surface area contributed by atoms with E-state index in [0.29, 0.717) is 17.7 Å². The molecule has 1 heterocycles. The summed E-state index contributed by atoms with van der Waals surface area (Å²) in [7, 11) is 0. The Morgan fingerprint density at radius 2 is 1.62 bits per heavy atom. The number of benzene rings is 2. The predicted molar refractivity (Wildman–Crippen MR) is 86.7 cm³/mol. The number of halogens is 1. The summed E-state index contributed by atoms with van der Waals surface area (Å²) in [5.74, 6) is -0.354. The molecule has 0 saturated carbocycles. The highest BCUT2D eigenvalue weighted by atomic mass is 79.9. The third kappa shape index (κ3) is 2.09. The van der Waals surface area contributed by atoms with Crippen LogP contribution in [0.4, 0.5) is 0 Å². The van der Waals surface area contributed by atoms with E-state index in [1.807, 2.05) is 38.1 Å². The lowest BCUT2D eigenvalue weighted by atomic mass is 9.91. The average Bonchev–Trinajstić information content (AvgIpc) is 2.46. The molecule has 0 N–H and O–H groups in total. The molecular weight excluding hydrogens is 330 g/mol. The van der Waals surface area contributed by atoms with Gasteiger partial charge in [0.2, 0.25) is 0 Å². The van der Waals surface area contributed by atoms with E-state index in [1.165, 1.54) is 4.90 Å². The number of hydrogen-bond acceptors (Lipinski definition) is 2. The first-order valence-electron chi connectivity index (χ1n) is 7.14. The Morgan fingerprint density at radius 3 is 2.24 bits per heavy atom. The second-order valence-corrected chi connectivity index (χ2v) is 6.24. The standard InChI is InChI=1S/C17H16BrNO2/c1-3-4-9-19-16(20)11-6-5-10(2)14-13(18)8-7-12(15(11)14)17(19)21/h5-8H,3-4,9H2,1-2H3. The van der Waals surface area contributed by atoms with E-state index in [1.54, 1.807) is 0 Å². The quantitative estimate of drug-likeness (QED) is 0.777. The Morgan fingerprint density at radius 1 is 1.00 bits per heavy atom. The molecule has 4 heteroatoms. The molecule has 108 valence electrons. The molecule has 0 unspecified atom stereocenters. The molecule has 2 aromatic carbocycles. The summed E-state index contributed by atoms with van der Waals surface area (Å²) in [5, 5.41) is 1.74. The molecule has 2 amide bonds. The third-order valence-corrected chi connectivity index (χ3v) is 4.67. The molecule has 1 aliphatic heterocycles. The SMILES string of the molecule is CCCCN1C(=O)c2ccc(C)c3c(Br)ccc(c23)C1=O. The number of amides is 2. The fourth-order valence-electron chi connectivity index (χ4n) is 2.88. The van der Waals surface area contributed by atoms with Gasteiger partial charge in [-0.05, 0) is 37.1 Å². The Kier molecular flexibility index (Phi) is 3.57. The van der Waals surface area contributed by atoms with Crippen LogP contribution in [-0.2, 0) is 0 Å². The predicted octanol–water partition coefficient (Wildman–Crippen LogP) is 4.31. The minimum Gasteiger partial charge on any atom is -0.274 e. The van der Waals surface area contributed by atoms with Crippen molar-refractivity contribution in [1.82, 2.24) is 4.90 Å². The second kappa shape index (κ2) is 5.26. The first-order chi connectivity index (χ1) is 10.1. The fourth-order valence-corrected chi connectivity index (χ4v) is 3.52. The maximum atomic E-state index is 12.6. The molecule has 0 saturated heterocycles. The Hall–Kier alpha value is -1.68. The van der Waals surface area contributed by atoms with Crippen molar-refractivity contribution in [3.05, 3.63) is 45.4 Å². The van der Waals surface area contributed by atoms with Crippen molar-refractivity contribution in [1.29, 1.82) is 0 Å². The van der Waals surface area contributed by atoms with Gasteiger partial charge in [-0.3, -0.25) is 14.5 Å². The lowest BCUT2D eigenvalue weighted by Crippen LogP contribution is -2.40. The minimum absolute atomic E-state index is 0.177. The molecule has 0 bridgehead atoms. The smallest absolute Gasteiger partial charge is 0.261 e. The van der Waals surface area contributed by atoms with Crippen LogP contribution in [0.2, 0.25) is 0 Å². The molecule has 0 spiro atoms. The Labute approximate surface area is 132 Å². The number of carbonyl (C=O) groups excluding carboxylic acids is 2. The van der Waals surface area contributed by atoms with E-state index in [-0.39, 0.29) is 11.8 Å². The minimum atomic E-state index is -0.177. The molecule has 21 heavy (non-hydrogen) atoms. The van der Waals surface area contributed by atoms with Gasteiger partial charge in [0.25, 0.3) is 11.8 Å². The number of aryl methyl sites for hydroxylation is 1. The molecule has 3 nitrogen and oxygen atoms in total. The van der Waals surface area contributed by atoms with Gasteiger partial charge in [-0.1, -0.05) is 35.3 Å². The average molecular weight is 346 g/mol. The number of rotatable bonds is 3. The van der Waals surface area contributed by atoms with Crippen molar-refractivity contribution < 1.29 is 9.59 Å². The van der Waals surface area contributed by atoms with Crippen LogP contribution in [0.5, 0.6) is 0 Å². The molecule has 2 aromatic rings. The lowest BCUT2D eigenvalue weighted by molar-refractivity contribution is 0.0608. The van der Waals surface area contributed by atoms with Crippen LogP contribution >= 0.6 is 15.9 Å². The number of nitrogens with zero attached hydrogens (tertiary/aromatic N) is 1. The maximum absolute atomic E-state index is 12.6. The highest BCUT2D eigenvalue weighted by Crippen LogP contribution is 2.36. The summed E-state index contributed by atoms with van der Waals surface area (Å²) in [6, 6.07) is 7.47. The van der Waals surface area contributed by atoms with Gasteiger partial charge in [-0.2, -0.15) is 0 Å². The van der Waals surface area contributed by atoms with Gasteiger partial charge in [0.1, 0.15) is 0 Å². The zero-order chi connectivity index (χ0) is 15.1. The zero-order valence-electron chi connectivity index (χ0n) is 12.1. The summed E-state index contributed by atoms with van der Waals surface area (Å²) in [4.78, 5) is 26.6. The van der Waals surface area contributed by atoms with Crippen molar-refractivity contribution in [2.45, 2.75) is 26.7 Å². The van der Waals surface area contributed by atoms with Gasteiger partial charge in [-0.15, -0.1) is 0 Å². The van der Waals surface area contributed by atoms with Crippen LogP contribution < -0.4 is 0 Å². The van der Waals surface area contributed by atoms with Crippen LogP contribution in [0, 0.1) is 6.92 Å². The summed E-state index contributed by atoms with van der Waals surface area (Å²) in [6.07, 6.45) is 1.78. The Balaban J connectivity index is 2.28. The Bertz CT molecular complexity index is 710. The second-order valence-electron chi connectivity index (χ2n) is 5.39. The number of hydrogen-bond donors (Lipinski definition) is 0. The van der Waals surface area contributed by atoms with Crippen molar-refractivity contribution in [2.75, 3.05) is 6.54 Å². The van der Waals surface area contributed by atoms with E-state index >= 15 is 0 Å². The molecule has 0 radical (unpaired) electrons. The first kappa shape index (κ1) is 14.3. The molecule has 0 atom stereocenters. The monoisotopic (exact) mass is 345 g/mol. The fraction of sp³-hybridized carbons (Fsp3) is 0.294. The largest absolute Gasteiger partial charge is 0.274 e. The van der Waals surface area contributed by atoms with Gasteiger partial charge in [0.05, 0.1) is 0 Å². The molecule has 0 aliphatic carbocycles.